The zero-order valence-corrected chi connectivity index (χ0v) is 16.1. The molecule has 1 amide bonds. The van der Waals surface area contributed by atoms with E-state index in [2.05, 4.69) is 5.32 Å². The maximum Gasteiger partial charge on any atom is 0.407 e. The van der Waals surface area contributed by atoms with Crippen LogP contribution in [-0.2, 0) is 14.3 Å². The van der Waals surface area contributed by atoms with E-state index in [4.69, 9.17) is 9.47 Å². The number of methoxy groups -OCH3 is 1. The second kappa shape index (κ2) is 8.65. The van der Waals surface area contributed by atoms with Crippen LogP contribution in [0.2, 0.25) is 0 Å². The lowest BCUT2D eigenvalue weighted by Gasteiger charge is -2.37. The van der Waals surface area contributed by atoms with Crippen LogP contribution >= 0.6 is 0 Å². The highest BCUT2D eigenvalue weighted by atomic mass is 19.1. The van der Waals surface area contributed by atoms with E-state index in [1.165, 1.54) is 13.2 Å². The Balaban J connectivity index is 2.19. The Labute approximate surface area is 157 Å². The van der Waals surface area contributed by atoms with E-state index >= 15 is 0 Å². The van der Waals surface area contributed by atoms with E-state index in [1.54, 1.807) is 25.7 Å². The van der Waals surface area contributed by atoms with E-state index in [1.807, 2.05) is 0 Å². The number of hydrogen-bond acceptors (Lipinski definition) is 5. The van der Waals surface area contributed by atoms with Crippen molar-refractivity contribution in [3.63, 3.8) is 0 Å². The molecule has 0 radical (unpaired) electrons. The number of rotatable bonds is 4. The molecule has 1 saturated heterocycles. The molecule has 0 spiro atoms. The van der Waals surface area contributed by atoms with Crippen LogP contribution in [0.15, 0.2) is 18.2 Å². The lowest BCUT2D eigenvalue weighted by Crippen LogP contribution is -2.51. The Morgan fingerprint density at radius 1 is 1.26 bits per heavy atom. The van der Waals surface area contributed by atoms with Crippen molar-refractivity contribution in [3.05, 3.63) is 35.4 Å². The summed E-state index contributed by atoms with van der Waals surface area (Å²) in [4.78, 5) is 26.0. The molecule has 0 bridgehead atoms. The molecule has 1 N–H and O–H groups in total. The first-order valence-electron chi connectivity index (χ1n) is 8.87. The number of likely N-dealkylation sites (tertiary alicyclic amines) is 1. The molecular formula is C19H26F2N2O4. The maximum absolute atomic E-state index is 14.3. The predicted octanol–water partition coefficient (Wildman–Crippen LogP) is 3.17. The summed E-state index contributed by atoms with van der Waals surface area (Å²) in [6, 6.07) is 1.92. The molecule has 1 fully saturated rings. The first-order valence-corrected chi connectivity index (χ1v) is 8.87. The number of alkyl carbamates (subject to hydrolysis) is 1. The lowest BCUT2D eigenvalue weighted by atomic mass is 9.98. The number of carbonyl (C=O) groups is 2. The number of amides is 1. The van der Waals surface area contributed by atoms with Crippen molar-refractivity contribution in [2.75, 3.05) is 20.2 Å². The molecule has 0 saturated carbocycles. The second-order valence-electron chi connectivity index (χ2n) is 7.54. The summed E-state index contributed by atoms with van der Waals surface area (Å²) < 4.78 is 38.6. The van der Waals surface area contributed by atoms with E-state index in [9.17, 15) is 18.4 Å². The zero-order valence-electron chi connectivity index (χ0n) is 16.1. The van der Waals surface area contributed by atoms with Crippen LogP contribution in [0.5, 0.6) is 0 Å². The van der Waals surface area contributed by atoms with Gasteiger partial charge in [-0.05, 0) is 52.3 Å². The van der Waals surface area contributed by atoms with Crippen molar-refractivity contribution in [2.24, 2.45) is 0 Å². The smallest absolute Gasteiger partial charge is 0.407 e. The predicted molar refractivity (Wildman–Crippen MR) is 95.1 cm³/mol. The maximum atomic E-state index is 14.3. The third-order valence-corrected chi connectivity index (χ3v) is 4.24. The van der Waals surface area contributed by atoms with Crippen molar-refractivity contribution >= 4 is 12.1 Å². The van der Waals surface area contributed by atoms with Crippen LogP contribution in [0.1, 0.15) is 45.2 Å². The number of nitrogens with zero attached hydrogens (tertiary/aromatic N) is 1. The normalized spacial score (nSPS) is 19.3. The van der Waals surface area contributed by atoms with Gasteiger partial charge in [0.25, 0.3) is 0 Å². The molecule has 2 rings (SSSR count). The van der Waals surface area contributed by atoms with Gasteiger partial charge in [0.2, 0.25) is 0 Å². The van der Waals surface area contributed by atoms with Gasteiger partial charge in [-0.25, -0.2) is 18.4 Å². The number of esters is 1. The van der Waals surface area contributed by atoms with Crippen LogP contribution in [0, 0.1) is 11.6 Å². The molecule has 150 valence electrons. The fraction of sp³-hybridized carbons (Fsp3) is 0.579. The highest BCUT2D eigenvalue weighted by Gasteiger charge is 2.36. The first kappa shape index (κ1) is 21.1. The van der Waals surface area contributed by atoms with Gasteiger partial charge in [0.05, 0.1) is 12.7 Å². The van der Waals surface area contributed by atoms with Crippen LogP contribution < -0.4 is 5.32 Å². The SMILES string of the molecule is COC(=O)C(c1c(F)cccc1F)N1CCC[C@@H](NC(=O)OC(C)(C)C)C1. The summed E-state index contributed by atoms with van der Waals surface area (Å²) >= 11 is 0. The Hall–Kier alpha value is -2.22. The summed E-state index contributed by atoms with van der Waals surface area (Å²) in [5, 5.41) is 2.76. The summed E-state index contributed by atoms with van der Waals surface area (Å²) in [6.45, 7) is 5.96. The van der Waals surface area contributed by atoms with Crippen molar-refractivity contribution in [1.29, 1.82) is 0 Å². The lowest BCUT2D eigenvalue weighted by molar-refractivity contribution is -0.148. The molecule has 27 heavy (non-hydrogen) atoms. The van der Waals surface area contributed by atoms with Gasteiger partial charge in [-0.1, -0.05) is 6.07 Å². The minimum atomic E-state index is -1.22. The molecule has 1 unspecified atom stereocenters. The molecule has 0 aliphatic carbocycles. The van der Waals surface area contributed by atoms with Gasteiger partial charge in [0, 0.05) is 12.6 Å². The monoisotopic (exact) mass is 384 g/mol. The number of nitrogens with one attached hydrogen (secondary N) is 1. The highest BCUT2D eigenvalue weighted by molar-refractivity contribution is 5.77. The molecule has 8 heteroatoms. The number of carbonyl (C=O) groups excluding carboxylic acids is 2. The minimum absolute atomic E-state index is 0.243. The number of piperidine rings is 1. The average molecular weight is 384 g/mol. The average Bonchev–Trinajstić information content (AvgIpc) is 2.56. The standard InChI is InChI=1S/C19H26F2N2O4/c1-19(2,3)27-18(25)22-12-7-6-10-23(11-12)16(17(24)26-4)15-13(20)8-5-9-14(15)21/h5,8-9,12,16H,6-7,10-11H2,1-4H3,(H,22,25)/t12-,16?/m1/s1. The van der Waals surface area contributed by atoms with Crippen LogP contribution in [0.25, 0.3) is 0 Å². The molecule has 1 aromatic rings. The van der Waals surface area contributed by atoms with E-state index in [0.29, 0.717) is 19.4 Å². The summed E-state index contributed by atoms with van der Waals surface area (Å²) in [6.07, 6.45) is 0.744. The highest BCUT2D eigenvalue weighted by Crippen LogP contribution is 2.30. The third kappa shape index (κ3) is 5.63. The van der Waals surface area contributed by atoms with Gasteiger partial charge < -0.3 is 14.8 Å². The fourth-order valence-electron chi connectivity index (χ4n) is 3.17. The fourth-order valence-corrected chi connectivity index (χ4v) is 3.17. The van der Waals surface area contributed by atoms with Crippen LogP contribution in [0.4, 0.5) is 13.6 Å². The molecule has 0 aromatic heterocycles. The van der Waals surface area contributed by atoms with Crippen molar-refractivity contribution in [1.82, 2.24) is 10.2 Å². The van der Waals surface area contributed by atoms with Crippen LogP contribution in [-0.4, -0.2) is 48.8 Å². The Morgan fingerprint density at radius 2 is 1.89 bits per heavy atom. The van der Waals surface area contributed by atoms with E-state index < -0.39 is 35.3 Å². The second-order valence-corrected chi connectivity index (χ2v) is 7.54. The van der Waals surface area contributed by atoms with Crippen molar-refractivity contribution in [3.8, 4) is 0 Å². The molecule has 1 heterocycles. The van der Waals surface area contributed by atoms with E-state index in [-0.39, 0.29) is 18.2 Å². The van der Waals surface area contributed by atoms with Gasteiger partial charge in [-0.2, -0.15) is 0 Å². The number of hydrogen-bond donors (Lipinski definition) is 1. The quantitative estimate of drug-likeness (QED) is 0.808. The third-order valence-electron chi connectivity index (χ3n) is 4.24. The van der Waals surface area contributed by atoms with Crippen molar-refractivity contribution in [2.45, 2.75) is 51.3 Å². The van der Waals surface area contributed by atoms with Gasteiger partial charge in [-0.15, -0.1) is 0 Å². The summed E-state index contributed by atoms with van der Waals surface area (Å²) in [5.74, 6) is -2.38. The summed E-state index contributed by atoms with van der Waals surface area (Å²) in [5.41, 5.74) is -0.981. The molecule has 1 aliphatic heterocycles. The van der Waals surface area contributed by atoms with Gasteiger partial charge in [0.1, 0.15) is 23.3 Å². The molecule has 6 nitrogen and oxygen atoms in total. The Morgan fingerprint density at radius 3 is 2.44 bits per heavy atom. The largest absolute Gasteiger partial charge is 0.468 e. The molecule has 1 aromatic carbocycles. The molecule has 2 atom stereocenters. The van der Waals surface area contributed by atoms with Gasteiger partial charge >= 0.3 is 12.1 Å². The Bertz CT molecular complexity index is 671. The van der Waals surface area contributed by atoms with Gasteiger partial charge in [0.15, 0.2) is 0 Å². The number of benzene rings is 1. The topological polar surface area (TPSA) is 67.9 Å². The molecule has 1 aliphatic rings. The number of halogens is 2. The minimum Gasteiger partial charge on any atom is -0.468 e. The number of ether oxygens (including phenoxy) is 2. The zero-order chi connectivity index (χ0) is 20.2. The van der Waals surface area contributed by atoms with Gasteiger partial charge in [-0.3, -0.25) is 4.90 Å². The van der Waals surface area contributed by atoms with E-state index in [0.717, 1.165) is 12.1 Å². The molecular weight excluding hydrogens is 358 g/mol. The summed E-state index contributed by atoms with van der Waals surface area (Å²) in [7, 11) is 1.18. The van der Waals surface area contributed by atoms with Crippen molar-refractivity contribution < 1.29 is 27.8 Å². The Kier molecular flexibility index (Phi) is 6.75. The first-order chi connectivity index (χ1) is 12.6. The van der Waals surface area contributed by atoms with Crippen LogP contribution in [0.3, 0.4) is 0 Å².